The maximum atomic E-state index is 12.1. The predicted molar refractivity (Wildman–Crippen MR) is 108 cm³/mol. The second-order valence-electron chi connectivity index (χ2n) is 5.87. The van der Waals surface area contributed by atoms with Gasteiger partial charge in [-0.1, -0.05) is 54.6 Å². The van der Waals surface area contributed by atoms with Crippen molar-refractivity contribution in [1.29, 1.82) is 0 Å². The summed E-state index contributed by atoms with van der Waals surface area (Å²) in [6, 6.07) is 24.9. The fourth-order valence-corrected chi connectivity index (χ4v) is 2.51. The van der Waals surface area contributed by atoms with Gasteiger partial charge in [0.1, 0.15) is 18.1 Å². The van der Waals surface area contributed by atoms with E-state index < -0.39 is 0 Å². The van der Waals surface area contributed by atoms with Crippen molar-refractivity contribution in [2.45, 2.75) is 6.61 Å². The van der Waals surface area contributed by atoms with Crippen LogP contribution in [0.4, 0.5) is 5.69 Å². The van der Waals surface area contributed by atoms with Gasteiger partial charge in [0.2, 0.25) is 5.91 Å². The highest BCUT2D eigenvalue weighted by Gasteiger charge is 2.04. The van der Waals surface area contributed by atoms with Gasteiger partial charge in [-0.3, -0.25) is 4.79 Å². The van der Waals surface area contributed by atoms with E-state index in [1.165, 1.54) is 6.08 Å². The number of para-hydroxylation sites is 2. The van der Waals surface area contributed by atoms with Gasteiger partial charge < -0.3 is 14.8 Å². The van der Waals surface area contributed by atoms with Gasteiger partial charge in [-0.25, -0.2) is 0 Å². The monoisotopic (exact) mass is 359 g/mol. The van der Waals surface area contributed by atoms with Gasteiger partial charge in [0.15, 0.2) is 0 Å². The minimum atomic E-state index is -0.219. The molecule has 3 aromatic rings. The molecule has 3 rings (SSSR count). The molecule has 0 radical (unpaired) electrons. The molecule has 0 aliphatic carbocycles. The van der Waals surface area contributed by atoms with Crippen LogP contribution in [0.1, 0.15) is 11.1 Å². The van der Waals surface area contributed by atoms with Crippen molar-refractivity contribution in [1.82, 2.24) is 0 Å². The second-order valence-corrected chi connectivity index (χ2v) is 5.87. The molecular formula is C23H21NO3. The normalized spacial score (nSPS) is 10.6. The summed E-state index contributed by atoms with van der Waals surface area (Å²) >= 11 is 0. The third kappa shape index (κ3) is 5.47. The van der Waals surface area contributed by atoms with Crippen molar-refractivity contribution in [2.24, 2.45) is 0 Å². The van der Waals surface area contributed by atoms with Gasteiger partial charge in [0, 0.05) is 6.08 Å². The summed E-state index contributed by atoms with van der Waals surface area (Å²) < 4.78 is 11.0. The first-order valence-electron chi connectivity index (χ1n) is 8.63. The number of carbonyl (C=O) groups excluding carboxylic acids is 1. The van der Waals surface area contributed by atoms with Gasteiger partial charge in [-0.15, -0.1) is 0 Å². The summed E-state index contributed by atoms with van der Waals surface area (Å²) in [5.74, 6) is 1.19. The van der Waals surface area contributed by atoms with Crippen LogP contribution in [-0.4, -0.2) is 13.0 Å². The summed E-state index contributed by atoms with van der Waals surface area (Å²) in [5.41, 5.74) is 2.67. The lowest BCUT2D eigenvalue weighted by atomic mass is 10.2. The van der Waals surface area contributed by atoms with Crippen molar-refractivity contribution in [3.8, 4) is 11.5 Å². The third-order valence-corrected chi connectivity index (χ3v) is 3.92. The molecule has 0 unspecified atom stereocenters. The highest BCUT2D eigenvalue weighted by molar-refractivity contribution is 6.02. The van der Waals surface area contributed by atoms with Crippen LogP contribution in [0.5, 0.6) is 11.5 Å². The number of rotatable bonds is 7. The molecule has 1 N–H and O–H groups in total. The molecule has 0 aliphatic heterocycles. The van der Waals surface area contributed by atoms with Crippen molar-refractivity contribution in [3.63, 3.8) is 0 Å². The average molecular weight is 359 g/mol. The Bertz CT molecular complexity index is 902. The Balaban J connectivity index is 1.55. The van der Waals surface area contributed by atoms with E-state index in [-0.39, 0.29) is 5.91 Å². The first kappa shape index (κ1) is 18.3. The first-order valence-corrected chi connectivity index (χ1v) is 8.63. The van der Waals surface area contributed by atoms with Crippen molar-refractivity contribution < 1.29 is 14.3 Å². The number of nitrogens with one attached hydrogen (secondary N) is 1. The second kappa shape index (κ2) is 9.25. The Morgan fingerprint density at radius 1 is 0.926 bits per heavy atom. The number of hydrogen-bond acceptors (Lipinski definition) is 3. The summed E-state index contributed by atoms with van der Waals surface area (Å²) in [5, 5.41) is 2.81. The molecule has 0 spiro atoms. The molecule has 27 heavy (non-hydrogen) atoms. The molecule has 0 heterocycles. The molecule has 3 aromatic carbocycles. The van der Waals surface area contributed by atoms with Crippen LogP contribution < -0.4 is 14.8 Å². The molecular weight excluding hydrogens is 338 g/mol. The summed E-state index contributed by atoms with van der Waals surface area (Å²) in [6.45, 7) is 0.525. The highest BCUT2D eigenvalue weighted by Crippen LogP contribution is 2.23. The van der Waals surface area contributed by atoms with E-state index in [0.717, 1.165) is 16.9 Å². The van der Waals surface area contributed by atoms with Gasteiger partial charge in [-0.05, 0) is 41.5 Å². The molecule has 0 fully saturated rings. The maximum Gasteiger partial charge on any atom is 0.248 e. The Morgan fingerprint density at radius 3 is 2.37 bits per heavy atom. The van der Waals surface area contributed by atoms with Crippen molar-refractivity contribution >= 4 is 17.7 Å². The van der Waals surface area contributed by atoms with E-state index in [0.29, 0.717) is 18.0 Å². The van der Waals surface area contributed by atoms with Gasteiger partial charge in [-0.2, -0.15) is 0 Å². The smallest absolute Gasteiger partial charge is 0.248 e. The number of ether oxygens (including phenoxy) is 2. The molecule has 136 valence electrons. The van der Waals surface area contributed by atoms with E-state index in [2.05, 4.69) is 5.32 Å². The Kier molecular flexibility index (Phi) is 6.26. The number of benzene rings is 3. The summed E-state index contributed by atoms with van der Waals surface area (Å²) in [6.07, 6.45) is 3.25. The van der Waals surface area contributed by atoms with Crippen LogP contribution in [-0.2, 0) is 11.4 Å². The number of hydrogen-bond donors (Lipinski definition) is 1. The minimum absolute atomic E-state index is 0.219. The third-order valence-electron chi connectivity index (χ3n) is 3.92. The SMILES string of the molecule is COc1ccccc1NC(=O)/C=C/c1ccc(OCc2ccccc2)cc1. The lowest BCUT2D eigenvalue weighted by Crippen LogP contribution is -2.08. The van der Waals surface area contributed by atoms with Crippen molar-refractivity contribution in [3.05, 3.63) is 96.1 Å². The Hall–Kier alpha value is -3.53. The van der Waals surface area contributed by atoms with E-state index >= 15 is 0 Å². The molecule has 4 heteroatoms. The highest BCUT2D eigenvalue weighted by atomic mass is 16.5. The molecule has 0 bridgehead atoms. The number of anilines is 1. The van der Waals surface area contributed by atoms with Crippen LogP contribution in [0.25, 0.3) is 6.08 Å². The van der Waals surface area contributed by atoms with Crippen LogP contribution in [0.15, 0.2) is 84.9 Å². The zero-order valence-electron chi connectivity index (χ0n) is 15.1. The summed E-state index contributed by atoms with van der Waals surface area (Å²) in [4.78, 5) is 12.1. The number of amides is 1. The maximum absolute atomic E-state index is 12.1. The van der Waals surface area contributed by atoms with Crippen LogP contribution in [0.2, 0.25) is 0 Å². The van der Waals surface area contributed by atoms with E-state index in [1.54, 1.807) is 25.3 Å². The minimum Gasteiger partial charge on any atom is -0.495 e. The summed E-state index contributed by atoms with van der Waals surface area (Å²) in [7, 11) is 1.57. The standard InChI is InChI=1S/C23H21NO3/c1-26-22-10-6-5-9-21(22)24-23(25)16-13-18-11-14-20(15-12-18)27-17-19-7-3-2-4-8-19/h2-16H,17H2,1H3,(H,24,25)/b16-13+. The molecule has 0 saturated heterocycles. The molecule has 1 amide bonds. The van der Waals surface area contributed by atoms with Crippen molar-refractivity contribution in [2.75, 3.05) is 12.4 Å². The van der Waals surface area contributed by atoms with Gasteiger partial charge in [0.05, 0.1) is 12.8 Å². The van der Waals surface area contributed by atoms with E-state index in [4.69, 9.17) is 9.47 Å². The van der Waals surface area contributed by atoms with Crippen LogP contribution in [0.3, 0.4) is 0 Å². The predicted octanol–water partition coefficient (Wildman–Crippen LogP) is 4.93. The molecule has 4 nitrogen and oxygen atoms in total. The van der Waals surface area contributed by atoms with Gasteiger partial charge >= 0.3 is 0 Å². The topological polar surface area (TPSA) is 47.6 Å². The van der Waals surface area contributed by atoms with E-state index in [9.17, 15) is 4.79 Å². The lowest BCUT2D eigenvalue weighted by Gasteiger charge is -2.08. The molecule has 0 atom stereocenters. The largest absolute Gasteiger partial charge is 0.495 e. The zero-order valence-corrected chi connectivity index (χ0v) is 15.1. The fourth-order valence-electron chi connectivity index (χ4n) is 2.51. The first-order chi connectivity index (χ1) is 13.2. The molecule has 0 aliphatic rings. The quantitative estimate of drug-likeness (QED) is 0.609. The average Bonchev–Trinajstić information content (AvgIpc) is 2.72. The van der Waals surface area contributed by atoms with E-state index in [1.807, 2.05) is 66.7 Å². The van der Waals surface area contributed by atoms with Crippen LogP contribution in [0, 0.1) is 0 Å². The Labute approximate surface area is 159 Å². The molecule has 0 saturated carbocycles. The Morgan fingerprint density at radius 2 is 1.63 bits per heavy atom. The number of methoxy groups -OCH3 is 1. The van der Waals surface area contributed by atoms with Gasteiger partial charge in [0.25, 0.3) is 0 Å². The molecule has 0 aromatic heterocycles. The fraction of sp³-hybridized carbons (Fsp3) is 0.0870. The number of carbonyl (C=O) groups is 1. The lowest BCUT2D eigenvalue weighted by molar-refractivity contribution is -0.111. The van der Waals surface area contributed by atoms with Crippen LogP contribution >= 0.6 is 0 Å². The zero-order chi connectivity index (χ0) is 18.9.